The first-order chi connectivity index (χ1) is 6.04. The van der Waals surface area contributed by atoms with Crippen LogP contribution in [0.1, 0.15) is 19.3 Å². The summed E-state index contributed by atoms with van der Waals surface area (Å²) in [7, 11) is -1.21. The molecule has 0 aromatic carbocycles. The van der Waals surface area contributed by atoms with Gasteiger partial charge in [-0.15, -0.1) is 11.7 Å². The lowest BCUT2D eigenvalue weighted by Gasteiger charge is -2.13. The van der Waals surface area contributed by atoms with Crippen LogP contribution in [0.25, 0.3) is 0 Å². The summed E-state index contributed by atoms with van der Waals surface area (Å²) in [5.74, 6) is 0. The molecule has 0 aliphatic carbocycles. The van der Waals surface area contributed by atoms with E-state index in [0.29, 0.717) is 6.10 Å². The Morgan fingerprint density at radius 3 is 2.77 bits per heavy atom. The van der Waals surface area contributed by atoms with Crippen LogP contribution in [0.2, 0.25) is 19.6 Å². The molecule has 0 aromatic heterocycles. The number of hydrogen-bond donors (Lipinski definition) is 0. The minimum Gasteiger partial charge on any atom is -0.393 e. The van der Waals surface area contributed by atoms with E-state index in [1.54, 1.807) is 0 Å². The number of rotatable bonds is 4. The van der Waals surface area contributed by atoms with Crippen LogP contribution in [-0.2, 0) is 4.84 Å². The molecule has 74 valence electrons. The molecule has 1 heterocycles. The molecule has 1 rings (SSSR count). The van der Waals surface area contributed by atoms with Crippen LogP contribution < -0.4 is 0 Å². The summed E-state index contributed by atoms with van der Waals surface area (Å²) < 4.78 is 0. The highest BCUT2D eigenvalue weighted by Crippen LogP contribution is 2.21. The van der Waals surface area contributed by atoms with Crippen LogP contribution in [0.15, 0.2) is 17.8 Å². The van der Waals surface area contributed by atoms with E-state index in [-0.39, 0.29) is 0 Å². The summed E-state index contributed by atoms with van der Waals surface area (Å²) in [6, 6.07) is 0. The van der Waals surface area contributed by atoms with Crippen molar-refractivity contribution >= 4 is 13.4 Å². The van der Waals surface area contributed by atoms with Gasteiger partial charge in [0.15, 0.2) is 0 Å². The zero-order valence-electron chi connectivity index (χ0n) is 8.84. The van der Waals surface area contributed by atoms with E-state index in [1.807, 2.05) is 6.08 Å². The Morgan fingerprint density at radius 2 is 2.31 bits per heavy atom. The van der Waals surface area contributed by atoms with Gasteiger partial charge in [-0.2, -0.15) is 0 Å². The summed E-state index contributed by atoms with van der Waals surface area (Å²) in [6.07, 6.45) is 5.39. The molecule has 0 fully saturated rings. The molecular weight excluding hydrogens is 178 g/mol. The fourth-order valence-corrected chi connectivity index (χ4v) is 2.50. The Hall–Kier alpha value is -0.573. The highest BCUT2D eigenvalue weighted by molar-refractivity contribution is 7.04. The minimum atomic E-state index is -1.21. The van der Waals surface area contributed by atoms with Gasteiger partial charge in [-0.1, -0.05) is 25.7 Å². The third-order valence-electron chi connectivity index (χ3n) is 2.29. The van der Waals surface area contributed by atoms with Crippen LogP contribution in [0, 0.1) is 0 Å². The molecule has 3 heteroatoms. The molecule has 0 bridgehead atoms. The predicted molar refractivity (Wildman–Crippen MR) is 59.7 cm³/mol. The Kier molecular flexibility index (Phi) is 3.31. The van der Waals surface area contributed by atoms with Gasteiger partial charge >= 0.3 is 0 Å². The molecule has 0 spiro atoms. The first kappa shape index (κ1) is 10.5. The van der Waals surface area contributed by atoms with Gasteiger partial charge in [0.2, 0.25) is 0 Å². The van der Waals surface area contributed by atoms with E-state index in [9.17, 15) is 0 Å². The Balaban J connectivity index is 2.38. The van der Waals surface area contributed by atoms with E-state index in [1.165, 1.54) is 5.33 Å². The van der Waals surface area contributed by atoms with Gasteiger partial charge in [0.25, 0.3) is 0 Å². The van der Waals surface area contributed by atoms with Crippen LogP contribution in [0.5, 0.6) is 0 Å². The number of nitrogens with zero attached hydrogens (tertiary/aromatic N) is 1. The maximum Gasteiger partial charge on any atom is 0.132 e. The van der Waals surface area contributed by atoms with Gasteiger partial charge in [-0.3, -0.25) is 0 Å². The van der Waals surface area contributed by atoms with Gasteiger partial charge in [-0.05, 0) is 12.8 Å². The molecule has 0 N–H and O–H groups in total. The van der Waals surface area contributed by atoms with Crippen LogP contribution in [0.4, 0.5) is 0 Å². The molecule has 13 heavy (non-hydrogen) atoms. The Bertz CT molecular complexity index is 217. The van der Waals surface area contributed by atoms with Crippen molar-refractivity contribution in [1.29, 1.82) is 0 Å². The average Bonchev–Trinajstić information content (AvgIpc) is 2.47. The second-order valence-electron chi connectivity index (χ2n) is 4.59. The van der Waals surface area contributed by atoms with Crippen LogP contribution >= 0.6 is 0 Å². The summed E-state index contributed by atoms with van der Waals surface area (Å²) in [6.45, 7) is 10.6. The number of hydrogen-bond acceptors (Lipinski definition) is 2. The first-order valence-corrected chi connectivity index (χ1v) is 8.38. The lowest BCUT2D eigenvalue weighted by molar-refractivity contribution is 0.0799. The largest absolute Gasteiger partial charge is 0.393 e. The molecule has 1 aliphatic rings. The molecule has 0 radical (unpaired) electrons. The highest BCUT2D eigenvalue weighted by atomic mass is 28.3. The molecule has 1 atom stereocenters. The quantitative estimate of drug-likeness (QED) is 0.501. The van der Waals surface area contributed by atoms with E-state index < -0.39 is 8.07 Å². The molecule has 0 saturated carbocycles. The maximum atomic E-state index is 5.37. The minimum absolute atomic E-state index is 0.319. The van der Waals surface area contributed by atoms with Crippen molar-refractivity contribution in [3.8, 4) is 0 Å². The van der Waals surface area contributed by atoms with E-state index >= 15 is 0 Å². The SMILES string of the molecule is C=CCCC1CC([Si](C)(C)C)=NO1. The lowest BCUT2D eigenvalue weighted by Crippen LogP contribution is -2.33. The zero-order chi connectivity index (χ0) is 9.90. The molecule has 1 aliphatic heterocycles. The monoisotopic (exact) mass is 197 g/mol. The first-order valence-electron chi connectivity index (χ1n) is 4.88. The van der Waals surface area contributed by atoms with Crippen molar-refractivity contribution in [3.05, 3.63) is 12.7 Å². The van der Waals surface area contributed by atoms with E-state index in [4.69, 9.17) is 4.84 Å². The van der Waals surface area contributed by atoms with Gasteiger partial charge in [0.1, 0.15) is 14.2 Å². The van der Waals surface area contributed by atoms with E-state index in [0.717, 1.165) is 19.3 Å². The third-order valence-corrected chi connectivity index (χ3v) is 4.32. The third kappa shape index (κ3) is 2.99. The topological polar surface area (TPSA) is 21.6 Å². The van der Waals surface area contributed by atoms with Gasteiger partial charge in [0, 0.05) is 11.8 Å². The Labute approximate surface area is 81.7 Å². The second kappa shape index (κ2) is 4.09. The molecule has 0 amide bonds. The lowest BCUT2D eigenvalue weighted by atomic mass is 10.1. The van der Waals surface area contributed by atoms with Crippen molar-refractivity contribution < 1.29 is 4.84 Å². The molecule has 2 nitrogen and oxygen atoms in total. The van der Waals surface area contributed by atoms with Crippen molar-refractivity contribution in [2.75, 3.05) is 0 Å². The Morgan fingerprint density at radius 1 is 1.62 bits per heavy atom. The summed E-state index contributed by atoms with van der Waals surface area (Å²) in [5.41, 5.74) is 0. The normalized spacial score (nSPS) is 22.4. The maximum absolute atomic E-state index is 5.37. The summed E-state index contributed by atoms with van der Waals surface area (Å²) in [4.78, 5) is 5.37. The van der Waals surface area contributed by atoms with Gasteiger partial charge in [0.05, 0.1) is 0 Å². The fraction of sp³-hybridized carbons (Fsp3) is 0.700. The zero-order valence-corrected chi connectivity index (χ0v) is 9.84. The van der Waals surface area contributed by atoms with Gasteiger partial charge < -0.3 is 4.84 Å². The number of allylic oxidation sites excluding steroid dienone is 1. The number of oxime groups is 1. The van der Waals surface area contributed by atoms with E-state index in [2.05, 4.69) is 31.4 Å². The molecular formula is C10H19NOSi. The standard InChI is InChI=1S/C10H19NOSi/c1-5-6-7-9-8-10(11-12-9)13(2,3)4/h5,9H,1,6-8H2,2-4H3. The average molecular weight is 197 g/mol. The van der Waals surface area contributed by atoms with Crippen LogP contribution in [0.3, 0.4) is 0 Å². The smallest absolute Gasteiger partial charge is 0.132 e. The second-order valence-corrected chi connectivity index (χ2v) is 9.66. The summed E-state index contributed by atoms with van der Waals surface area (Å²) >= 11 is 0. The van der Waals surface area contributed by atoms with Gasteiger partial charge in [-0.25, -0.2) is 0 Å². The molecule has 1 unspecified atom stereocenters. The highest BCUT2D eigenvalue weighted by Gasteiger charge is 2.30. The van der Waals surface area contributed by atoms with Crippen LogP contribution in [-0.4, -0.2) is 19.5 Å². The molecule has 0 aromatic rings. The van der Waals surface area contributed by atoms with Crippen molar-refractivity contribution in [2.45, 2.75) is 45.0 Å². The predicted octanol–water partition coefficient (Wildman–Crippen LogP) is 2.97. The fourth-order valence-electron chi connectivity index (χ4n) is 1.33. The van der Waals surface area contributed by atoms with Crippen molar-refractivity contribution in [1.82, 2.24) is 0 Å². The van der Waals surface area contributed by atoms with Crippen molar-refractivity contribution in [2.24, 2.45) is 5.16 Å². The summed E-state index contributed by atoms with van der Waals surface area (Å²) in [5, 5.41) is 5.51. The van der Waals surface area contributed by atoms with Crippen molar-refractivity contribution in [3.63, 3.8) is 0 Å². The molecule has 0 saturated heterocycles.